The molecule has 0 N–H and O–H groups in total. The lowest BCUT2D eigenvalue weighted by atomic mass is 10.1. The number of aromatic nitrogens is 2. The Labute approximate surface area is 230 Å². The van der Waals surface area contributed by atoms with E-state index in [2.05, 4.69) is 10.1 Å². The normalized spacial score (nSPS) is 11.6. The van der Waals surface area contributed by atoms with E-state index in [1.807, 2.05) is 0 Å². The van der Waals surface area contributed by atoms with Gasteiger partial charge in [-0.1, -0.05) is 35.3 Å². The molecule has 10 heteroatoms. The van der Waals surface area contributed by atoms with Crippen molar-refractivity contribution in [3.05, 3.63) is 111 Å². The van der Waals surface area contributed by atoms with E-state index < -0.39 is 5.97 Å². The van der Waals surface area contributed by atoms with Crippen LogP contribution in [0.1, 0.15) is 16.1 Å². The van der Waals surface area contributed by atoms with Gasteiger partial charge >= 0.3 is 5.97 Å². The third-order valence-electron chi connectivity index (χ3n) is 6.03. The quantitative estimate of drug-likeness (QED) is 0.166. The second kappa shape index (κ2) is 9.90. The molecule has 0 aliphatic rings. The van der Waals surface area contributed by atoms with Crippen molar-refractivity contribution in [2.75, 3.05) is 7.11 Å². The molecule has 192 valence electrons. The number of fused-ring (bicyclic) bond motifs is 2. The molecule has 3 heterocycles. The molecule has 8 nitrogen and oxygen atoms in total. The van der Waals surface area contributed by atoms with Crippen LogP contribution in [0, 0.1) is 0 Å². The van der Waals surface area contributed by atoms with Crippen molar-refractivity contribution in [3.63, 3.8) is 0 Å². The topological polar surface area (TPSA) is 99.8 Å². The molecular formula is C29H17Cl2N3O5. The number of hydrogen-bond donors (Lipinski definition) is 0. The summed E-state index contributed by atoms with van der Waals surface area (Å²) < 4.78 is 17.9. The molecule has 3 aromatic carbocycles. The standard InChI is InChI=1S/C29H17Cl2N3O5/c1-37-29(36)16-6-9-22(31)21(13-16)25-11-8-19(38-25)15-32-34-27(33-23-5-3-2-4-20(23)28(34)35)26-14-17-12-18(30)7-10-24(17)39-26/h2-15H,1H3. The molecule has 0 saturated heterocycles. The van der Waals surface area contributed by atoms with Crippen LogP contribution in [0.25, 0.3) is 44.8 Å². The van der Waals surface area contributed by atoms with E-state index in [0.717, 1.165) is 10.1 Å². The Hall–Kier alpha value is -4.66. The third-order valence-corrected chi connectivity index (χ3v) is 6.60. The molecule has 0 fully saturated rings. The number of esters is 1. The van der Waals surface area contributed by atoms with E-state index in [9.17, 15) is 9.59 Å². The van der Waals surface area contributed by atoms with Crippen LogP contribution >= 0.6 is 23.2 Å². The smallest absolute Gasteiger partial charge is 0.337 e. The Balaban J connectivity index is 1.44. The predicted molar refractivity (Wildman–Crippen MR) is 150 cm³/mol. The Kier molecular flexibility index (Phi) is 6.26. The summed E-state index contributed by atoms with van der Waals surface area (Å²) in [4.78, 5) is 30.1. The number of nitrogens with zero attached hydrogens (tertiary/aromatic N) is 3. The highest BCUT2D eigenvalue weighted by Gasteiger charge is 2.17. The number of halogens is 2. The molecule has 6 rings (SSSR count). The molecule has 3 aromatic heterocycles. The molecule has 0 radical (unpaired) electrons. The van der Waals surface area contributed by atoms with Gasteiger partial charge in [0.15, 0.2) is 5.76 Å². The summed E-state index contributed by atoms with van der Waals surface area (Å²) in [5.74, 6) is 0.809. The minimum atomic E-state index is -0.496. The van der Waals surface area contributed by atoms with Crippen LogP contribution in [0.15, 0.2) is 97.6 Å². The third kappa shape index (κ3) is 4.60. The summed E-state index contributed by atoms with van der Waals surface area (Å²) in [7, 11) is 1.30. The first-order chi connectivity index (χ1) is 18.9. The second-order valence-corrected chi connectivity index (χ2v) is 9.34. The molecule has 0 atom stereocenters. The van der Waals surface area contributed by atoms with Gasteiger partial charge in [-0.15, -0.1) is 0 Å². The minimum Gasteiger partial charge on any atom is -0.465 e. The number of rotatable bonds is 5. The maximum atomic E-state index is 13.5. The molecule has 0 saturated carbocycles. The van der Waals surface area contributed by atoms with E-state index in [1.54, 1.807) is 78.9 Å². The fourth-order valence-corrected chi connectivity index (χ4v) is 4.55. The SMILES string of the molecule is COC(=O)c1ccc(Cl)c(-c2ccc(C=Nn3c(-c4cc5cc(Cl)ccc5o4)nc4ccccc4c3=O)o2)c1. The van der Waals surface area contributed by atoms with Crippen molar-refractivity contribution in [2.24, 2.45) is 5.10 Å². The van der Waals surface area contributed by atoms with Crippen molar-refractivity contribution >= 4 is 57.3 Å². The summed E-state index contributed by atoms with van der Waals surface area (Å²) in [6.45, 7) is 0. The van der Waals surface area contributed by atoms with E-state index in [1.165, 1.54) is 13.3 Å². The van der Waals surface area contributed by atoms with Crippen molar-refractivity contribution in [1.29, 1.82) is 0 Å². The number of para-hydroxylation sites is 1. The monoisotopic (exact) mass is 557 g/mol. The summed E-state index contributed by atoms with van der Waals surface area (Å²) >= 11 is 12.5. The highest BCUT2D eigenvalue weighted by molar-refractivity contribution is 6.33. The summed E-state index contributed by atoms with van der Waals surface area (Å²) in [6.07, 6.45) is 1.39. The highest BCUT2D eigenvalue weighted by Crippen LogP contribution is 2.31. The number of furan rings is 2. The van der Waals surface area contributed by atoms with Crippen molar-refractivity contribution < 1.29 is 18.4 Å². The first-order valence-corrected chi connectivity index (χ1v) is 12.4. The number of carbonyl (C=O) groups excluding carboxylic acids is 1. The lowest BCUT2D eigenvalue weighted by Crippen LogP contribution is -2.20. The van der Waals surface area contributed by atoms with Crippen LogP contribution in [-0.4, -0.2) is 29.0 Å². The minimum absolute atomic E-state index is 0.211. The van der Waals surface area contributed by atoms with Crippen LogP contribution in [0.3, 0.4) is 0 Å². The van der Waals surface area contributed by atoms with E-state index in [-0.39, 0.29) is 11.4 Å². The van der Waals surface area contributed by atoms with E-state index in [4.69, 9.17) is 36.8 Å². The Morgan fingerprint density at radius 3 is 2.67 bits per heavy atom. The van der Waals surface area contributed by atoms with Gasteiger partial charge in [0.05, 0.1) is 34.8 Å². The average Bonchev–Trinajstić information content (AvgIpc) is 3.59. The first-order valence-electron chi connectivity index (χ1n) is 11.6. The number of ether oxygens (including phenoxy) is 1. The lowest BCUT2D eigenvalue weighted by Gasteiger charge is -2.07. The van der Waals surface area contributed by atoms with E-state index in [0.29, 0.717) is 54.9 Å². The number of methoxy groups -OCH3 is 1. The maximum absolute atomic E-state index is 13.5. The summed E-state index contributed by atoms with van der Waals surface area (Å²) in [5.41, 5.74) is 1.54. The van der Waals surface area contributed by atoms with E-state index >= 15 is 0 Å². The molecule has 0 unspecified atom stereocenters. The first kappa shape index (κ1) is 24.7. The molecule has 0 aliphatic carbocycles. The van der Waals surface area contributed by atoms with Gasteiger partial charge in [-0.3, -0.25) is 4.79 Å². The van der Waals surface area contributed by atoms with Crippen LogP contribution in [0.5, 0.6) is 0 Å². The van der Waals surface area contributed by atoms with Crippen LogP contribution < -0.4 is 5.56 Å². The van der Waals surface area contributed by atoms with Crippen LogP contribution in [-0.2, 0) is 4.74 Å². The highest BCUT2D eigenvalue weighted by atomic mass is 35.5. The Morgan fingerprint density at radius 1 is 0.974 bits per heavy atom. The van der Waals surface area contributed by atoms with Crippen molar-refractivity contribution in [3.8, 4) is 22.9 Å². The predicted octanol–water partition coefficient (Wildman–Crippen LogP) is 7.05. The van der Waals surface area contributed by atoms with Gasteiger partial charge in [-0.25, -0.2) is 9.78 Å². The molecule has 39 heavy (non-hydrogen) atoms. The molecule has 0 spiro atoms. The molecule has 6 aromatic rings. The lowest BCUT2D eigenvalue weighted by molar-refractivity contribution is 0.0601. The van der Waals surface area contributed by atoms with Crippen molar-refractivity contribution in [1.82, 2.24) is 9.66 Å². The fraction of sp³-hybridized carbons (Fsp3) is 0.0345. The van der Waals surface area contributed by atoms with Gasteiger partial charge in [0, 0.05) is 16.0 Å². The van der Waals surface area contributed by atoms with Gasteiger partial charge in [0.2, 0.25) is 5.82 Å². The zero-order chi connectivity index (χ0) is 27.1. The molecule has 0 bridgehead atoms. The van der Waals surface area contributed by atoms with Gasteiger partial charge in [0.25, 0.3) is 5.56 Å². The zero-order valence-electron chi connectivity index (χ0n) is 20.2. The maximum Gasteiger partial charge on any atom is 0.337 e. The van der Waals surface area contributed by atoms with Gasteiger partial charge < -0.3 is 13.6 Å². The molecular weight excluding hydrogens is 541 g/mol. The second-order valence-electron chi connectivity index (χ2n) is 8.50. The molecule has 0 amide bonds. The van der Waals surface area contributed by atoms with Crippen LogP contribution in [0.2, 0.25) is 10.0 Å². The number of benzene rings is 3. The van der Waals surface area contributed by atoms with Crippen LogP contribution in [0.4, 0.5) is 0 Å². The summed E-state index contributed by atoms with van der Waals surface area (Å²) in [5, 5.41) is 6.51. The van der Waals surface area contributed by atoms with Gasteiger partial charge in [-0.05, 0) is 66.7 Å². The Bertz CT molecular complexity index is 1990. The average molecular weight is 558 g/mol. The summed E-state index contributed by atoms with van der Waals surface area (Å²) in [6, 6.07) is 22.1. The fourth-order valence-electron chi connectivity index (χ4n) is 4.16. The van der Waals surface area contributed by atoms with Gasteiger partial charge in [-0.2, -0.15) is 9.78 Å². The van der Waals surface area contributed by atoms with Crippen molar-refractivity contribution in [2.45, 2.75) is 0 Å². The largest absolute Gasteiger partial charge is 0.465 e. The number of carbonyl (C=O) groups is 1. The Morgan fingerprint density at radius 2 is 1.82 bits per heavy atom. The van der Waals surface area contributed by atoms with Gasteiger partial charge in [0.1, 0.15) is 17.1 Å². The molecule has 0 aliphatic heterocycles. The number of hydrogen-bond acceptors (Lipinski definition) is 7. The zero-order valence-corrected chi connectivity index (χ0v) is 21.7.